The van der Waals surface area contributed by atoms with Crippen LogP contribution in [-0.4, -0.2) is 29.3 Å². The van der Waals surface area contributed by atoms with Gasteiger partial charge in [-0.15, -0.1) is 0 Å². The van der Waals surface area contributed by atoms with Gasteiger partial charge in [-0.05, 0) is 19.1 Å². The molecule has 1 aromatic heterocycles. The number of nitrogens with one attached hydrogen (secondary N) is 1. The van der Waals surface area contributed by atoms with E-state index in [0.717, 1.165) is 29.5 Å². The van der Waals surface area contributed by atoms with Crippen molar-refractivity contribution in [1.29, 1.82) is 5.41 Å². The first-order chi connectivity index (χ1) is 7.16. The van der Waals surface area contributed by atoms with Gasteiger partial charge in [0.2, 0.25) is 0 Å². The maximum atomic E-state index is 7.46. The summed E-state index contributed by atoms with van der Waals surface area (Å²) in [7, 11) is 0. The molecule has 0 spiro atoms. The minimum absolute atomic E-state index is 0.0743. The molecule has 0 aliphatic carbocycles. The fourth-order valence-electron chi connectivity index (χ4n) is 1.27. The van der Waals surface area contributed by atoms with Crippen LogP contribution in [0.3, 0.4) is 0 Å². The lowest BCUT2D eigenvalue weighted by Crippen LogP contribution is -2.30. The van der Waals surface area contributed by atoms with Crippen LogP contribution >= 0.6 is 11.8 Å². The zero-order chi connectivity index (χ0) is 10.8. The van der Waals surface area contributed by atoms with E-state index in [0.29, 0.717) is 5.25 Å². The van der Waals surface area contributed by atoms with Crippen molar-refractivity contribution in [1.82, 2.24) is 4.98 Å². The molecule has 1 aliphatic rings. The fraction of sp³-hybridized carbons (Fsp3) is 0.400. The van der Waals surface area contributed by atoms with Gasteiger partial charge in [0.05, 0.1) is 18.5 Å². The molecule has 5 heteroatoms. The third-order valence-corrected chi connectivity index (χ3v) is 3.32. The summed E-state index contributed by atoms with van der Waals surface area (Å²) >= 11 is 1.64. The molecule has 0 bridgehead atoms. The summed E-state index contributed by atoms with van der Waals surface area (Å²) in [5.41, 5.74) is 7.17. The predicted octanol–water partition coefficient (Wildman–Crippen LogP) is 1.16. The van der Waals surface area contributed by atoms with Crippen molar-refractivity contribution < 1.29 is 4.74 Å². The molecule has 1 aliphatic heterocycles. The van der Waals surface area contributed by atoms with Crippen LogP contribution in [0, 0.1) is 12.3 Å². The molecule has 0 aromatic carbocycles. The van der Waals surface area contributed by atoms with E-state index in [1.807, 2.05) is 19.1 Å². The second-order valence-electron chi connectivity index (χ2n) is 3.50. The van der Waals surface area contributed by atoms with Gasteiger partial charge in [0, 0.05) is 11.3 Å². The number of amidine groups is 1. The highest BCUT2D eigenvalue weighted by molar-refractivity contribution is 8.00. The Labute approximate surface area is 92.7 Å². The van der Waals surface area contributed by atoms with Crippen LogP contribution in [0.1, 0.15) is 11.3 Å². The molecule has 3 N–H and O–H groups in total. The molecule has 1 aromatic rings. The van der Waals surface area contributed by atoms with Gasteiger partial charge in [-0.3, -0.25) is 5.41 Å². The number of aryl methyl sites for hydroxylation is 1. The first kappa shape index (κ1) is 10.4. The van der Waals surface area contributed by atoms with Crippen LogP contribution in [0.5, 0.6) is 0 Å². The maximum Gasteiger partial charge on any atom is 0.125 e. The van der Waals surface area contributed by atoms with Crippen LogP contribution in [0.4, 0.5) is 0 Å². The molecule has 1 saturated heterocycles. The van der Waals surface area contributed by atoms with E-state index in [4.69, 9.17) is 15.9 Å². The topological polar surface area (TPSA) is 72.0 Å². The third-order valence-electron chi connectivity index (χ3n) is 2.18. The normalized spacial score (nSPS) is 16.1. The summed E-state index contributed by atoms with van der Waals surface area (Å²) in [6.45, 7) is 3.46. The first-order valence-corrected chi connectivity index (χ1v) is 5.61. The number of ether oxygens (including phenoxy) is 1. The second kappa shape index (κ2) is 4.20. The summed E-state index contributed by atoms with van der Waals surface area (Å²) in [5, 5.41) is 8.76. The van der Waals surface area contributed by atoms with Gasteiger partial charge in [-0.25, -0.2) is 4.98 Å². The molecule has 0 saturated carbocycles. The van der Waals surface area contributed by atoms with E-state index < -0.39 is 0 Å². The summed E-state index contributed by atoms with van der Waals surface area (Å²) in [5.74, 6) is 0.0743. The predicted molar refractivity (Wildman–Crippen MR) is 60.5 cm³/mol. The molecular weight excluding hydrogens is 210 g/mol. The van der Waals surface area contributed by atoms with Crippen molar-refractivity contribution in [2.24, 2.45) is 5.73 Å². The second-order valence-corrected chi connectivity index (χ2v) is 4.79. The quantitative estimate of drug-likeness (QED) is 0.596. The number of hydrogen-bond donors (Lipinski definition) is 2. The number of pyridine rings is 1. The number of thioether (sulfide) groups is 1. The number of aromatic nitrogens is 1. The third kappa shape index (κ3) is 2.30. The van der Waals surface area contributed by atoms with Gasteiger partial charge in [-0.1, -0.05) is 11.8 Å². The van der Waals surface area contributed by atoms with E-state index in [-0.39, 0.29) is 5.84 Å². The smallest absolute Gasteiger partial charge is 0.125 e. The van der Waals surface area contributed by atoms with E-state index in [9.17, 15) is 0 Å². The van der Waals surface area contributed by atoms with Gasteiger partial charge in [0.1, 0.15) is 10.9 Å². The van der Waals surface area contributed by atoms with Crippen LogP contribution in [-0.2, 0) is 4.74 Å². The summed E-state index contributed by atoms with van der Waals surface area (Å²) in [6.07, 6.45) is 0. The van der Waals surface area contributed by atoms with Crippen LogP contribution in [0.25, 0.3) is 0 Å². The summed E-state index contributed by atoms with van der Waals surface area (Å²) in [4.78, 5) is 4.40. The molecule has 4 nitrogen and oxygen atoms in total. The lowest BCUT2D eigenvalue weighted by Gasteiger charge is -2.25. The summed E-state index contributed by atoms with van der Waals surface area (Å²) in [6, 6.07) is 3.73. The van der Waals surface area contributed by atoms with E-state index in [1.165, 1.54) is 0 Å². The van der Waals surface area contributed by atoms with Gasteiger partial charge < -0.3 is 10.5 Å². The zero-order valence-corrected chi connectivity index (χ0v) is 9.30. The number of rotatable bonds is 3. The molecule has 15 heavy (non-hydrogen) atoms. The molecule has 0 unspecified atom stereocenters. The number of nitrogen functional groups attached to an aromatic ring is 1. The lowest BCUT2D eigenvalue weighted by molar-refractivity contribution is 0.0454. The Morgan fingerprint density at radius 1 is 1.60 bits per heavy atom. The first-order valence-electron chi connectivity index (χ1n) is 4.73. The highest BCUT2D eigenvalue weighted by Crippen LogP contribution is 2.29. The van der Waals surface area contributed by atoms with Crippen molar-refractivity contribution >= 4 is 17.6 Å². The van der Waals surface area contributed by atoms with Crippen molar-refractivity contribution in [3.05, 3.63) is 23.4 Å². The highest BCUT2D eigenvalue weighted by Gasteiger charge is 2.22. The van der Waals surface area contributed by atoms with Crippen molar-refractivity contribution in [3.8, 4) is 0 Å². The summed E-state index contributed by atoms with van der Waals surface area (Å²) < 4.78 is 5.10. The Balaban J connectivity index is 2.24. The molecule has 0 amide bonds. The van der Waals surface area contributed by atoms with E-state index >= 15 is 0 Å². The SMILES string of the molecule is Cc1ccc(C(=N)N)c(SC2COC2)n1. The maximum absolute atomic E-state index is 7.46. The van der Waals surface area contributed by atoms with Crippen LogP contribution in [0.15, 0.2) is 17.2 Å². The zero-order valence-electron chi connectivity index (χ0n) is 8.49. The minimum atomic E-state index is 0.0743. The standard InChI is InChI=1S/C10H13N3OS/c1-6-2-3-8(9(11)12)10(13-6)15-7-4-14-5-7/h2-3,7H,4-5H2,1H3,(H3,11,12). The van der Waals surface area contributed by atoms with Gasteiger partial charge >= 0.3 is 0 Å². The molecule has 2 heterocycles. The van der Waals surface area contributed by atoms with Gasteiger partial charge in [0.25, 0.3) is 0 Å². The average molecular weight is 223 g/mol. The largest absolute Gasteiger partial charge is 0.384 e. The Morgan fingerprint density at radius 3 is 2.87 bits per heavy atom. The Bertz CT molecular complexity index is 390. The molecule has 1 fully saturated rings. The van der Waals surface area contributed by atoms with Crippen LogP contribution in [0.2, 0.25) is 0 Å². The van der Waals surface area contributed by atoms with Gasteiger partial charge in [0.15, 0.2) is 0 Å². The monoisotopic (exact) mass is 223 g/mol. The van der Waals surface area contributed by atoms with E-state index in [1.54, 1.807) is 11.8 Å². The highest BCUT2D eigenvalue weighted by atomic mass is 32.2. The molecule has 2 rings (SSSR count). The molecule has 0 atom stereocenters. The lowest BCUT2D eigenvalue weighted by atomic mass is 10.2. The fourth-order valence-corrected chi connectivity index (χ4v) is 2.41. The Morgan fingerprint density at radius 2 is 2.33 bits per heavy atom. The van der Waals surface area contributed by atoms with Crippen molar-refractivity contribution in [3.63, 3.8) is 0 Å². The number of hydrogen-bond acceptors (Lipinski definition) is 4. The van der Waals surface area contributed by atoms with Gasteiger partial charge in [-0.2, -0.15) is 0 Å². The van der Waals surface area contributed by atoms with Crippen molar-refractivity contribution in [2.45, 2.75) is 17.2 Å². The van der Waals surface area contributed by atoms with E-state index in [2.05, 4.69) is 4.98 Å². The number of nitrogens with two attached hydrogens (primary N) is 1. The average Bonchev–Trinajstić information content (AvgIpc) is 2.11. The Kier molecular flexibility index (Phi) is 2.93. The van der Waals surface area contributed by atoms with Crippen molar-refractivity contribution in [2.75, 3.05) is 13.2 Å². The van der Waals surface area contributed by atoms with Crippen LogP contribution < -0.4 is 5.73 Å². The Hall–Kier alpha value is -1.07. The minimum Gasteiger partial charge on any atom is -0.384 e. The molecule has 80 valence electrons. The molecule has 0 radical (unpaired) electrons. The number of nitrogens with zero attached hydrogens (tertiary/aromatic N) is 1. The molecular formula is C10H13N3OS.